The summed E-state index contributed by atoms with van der Waals surface area (Å²) in [6.45, 7) is 5.06. The summed E-state index contributed by atoms with van der Waals surface area (Å²) in [5.74, 6) is 0.642. The molecule has 0 bridgehead atoms. The van der Waals surface area contributed by atoms with Gasteiger partial charge < -0.3 is 10.2 Å². The first kappa shape index (κ1) is 19.4. The zero-order chi connectivity index (χ0) is 18.4. The molecule has 2 N–H and O–H groups in total. The van der Waals surface area contributed by atoms with Crippen LogP contribution in [0.2, 0.25) is 0 Å². The van der Waals surface area contributed by atoms with Gasteiger partial charge in [0.05, 0.1) is 0 Å². The van der Waals surface area contributed by atoms with Gasteiger partial charge in [0.1, 0.15) is 10.7 Å². The molecular formula is C18H26N4O2S. The van der Waals surface area contributed by atoms with Crippen molar-refractivity contribution >= 4 is 15.8 Å². The molecule has 0 saturated heterocycles. The minimum absolute atomic E-state index is 0.156. The Hall–Kier alpha value is -1.96. The molecular weight excluding hydrogens is 336 g/mol. The van der Waals surface area contributed by atoms with Crippen molar-refractivity contribution in [3.63, 3.8) is 0 Å². The average molecular weight is 362 g/mol. The highest BCUT2D eigenvalue weighted by Crippen LogP contribution is 2.15. The molecule has 0 atom stereocenters. The van der Waals surface area contributed by atoms with Crippen LogP contribution >= 0.6 is 0 Å². The van der Waals surface area contributed by atoms with Gasteiger partial charge in [-0.3, -0.25) is 0 Å². The van der Waals surface area contributed by atoms with Crippen molar-refractivity contribution in [1.82, 2.24) is 14.6 Å². The summed E-state index contributed by atoms with van der Waals surface area (Å²) in [6.07, 6.45) is 1.37. The Labute approximate surface area is 150 Å². The zero-order valence-corrected chi connectivity index (χ0v) is 16.0. The lowest BCUT2D eigenvalue weighted by Gasteiger charge is -2.15. The van der Waals surface area contributed by atoms with Gasteiger partial charge in [0.2, 0.25) is 10.0 Å². The Morgan fingerprint density at radius 3 is 2.32 bits per heavy atom. The predicted octanol–water partition coefficient (Wildman–Crippen LogP) is 2.44. The monoisotopic (exact) mass is 362 g/mol. The standard InChI is InChI=1S/C18H26N4O2S/c1-14(2)21-25(23,24)17-9-10-18(20-12-17)19-11-15-7-5-6-8-16(15)13-22(3)4/h5-10,12,14,21H,11,13H2,1-4H3,(H,19,20). The lowest BCUT2D eigenvalue weighted by Crippen LogP contribution is -2.30. The molecule has 6 nitrogen and oxygen atoms in total. The molecule has 2 rings (SSSR count). The highest BCUT2D eigenvalue weighted by Gasteiger charge is 2.15. The molecule has 136 valence electrons. The molecule has 0 aliphatic rings. The number of rotatable bonds is 8. The third kappa shape index (κ3) is 5.81. The van der Waals surface area contributed by atoms with Crippen molar-refractivity contribution in [2.75, 3.05) is 19.4 Å². The number of nitrogens with zero attached hydrogens (tertiary/aromatic N) is 2. The van der Waals surface area contributed by atoms with E-state index in [9.17, 15) is 8.42 Å². The van der Waals surface area contributed by atoms with Gasteiger partial charge in [0.25, 0.3) is 0 Å². The number of hydrogen-bond donors (Lipinski definition) is 2. The van der Waals surface area contributed by atoms with Crippen LogP contribution in [0, 0.1) is 0 Å². The fraction of sp³-hybridized carbons (Fsp3) is 0.389. The van der Waals surface area contributed by atoms with E-state index in [-0.39, 0.29) is 10.9 Å². The molecule has 0 unspecified atom stereocenters. The number of hydrogen-bond acceptors (Lipinski definition) is 5. The second-order valence-corrected chi connectivity index (χ2v) is 8.23. The largest absolute Gasteiger partial charge is 0.366 e. The summed E-state index contributed by atoms with van der Waals surface area (Å²) in [6, 6.07) is 11.3. The van der Waals surface area contributed by atoms with Crippen LogP contribution in [0.15, 0.2) is 47.5 Å². The molecule has 0 saturated carbocycles. The minimum atomic E-state index is -3.51. The maximum absolute atomic E-state index is 12.1. The summed E-state index contributed by atoms with van der Waals surface area (Å²) in [4.78, 5) is 6.51. The molecule has 1 aromatic heterocycles. The van der Waals surface area contributed by atoms with Crippen LogP contribution in [-0.2, 0) is 23.1 Å². The van der Waals surface area contributed by atoms with Gasteiger partial charge in [0, 0.05) is 25.3 Å². The van der Waals surface area contributed by atoms with Crippen LogP contribution in [0.1, 0.15) is 25.0 Å². The molecule has 0 radical (unpaired) electrons. The molecule has 25 heavy (non-hydrogen) atoms. The Morgan fingerprint density at radius 1 is 1.08 bits per heavy atom. The van der Waals surface area contributed by atoms with E-state index in [2.05, 4.69) is 32.1 Å². The number of nitrogens with one attached hydrogen (secondary N) is 2. The van der Waals surface area contributed by atoms with E-state index >= 15 is 0 Å². The van der Waals surface area contributed by atoms with Gasteiger partial charge in [-0.2, -0.15) is 0 Å². The van der Waals surface area contributed by atoms with Gasteiger partial charge in [-0.1, -0.05) is 24.3 Å². The Morgan fingerprint density at radius 2 is 1.76 bits per heavy atom. The number of anilines is 1. The summed E-state index contributed by atoms with van der Waals surface area (Å²) in [5.41, 5.74) is 2.44. The molecule has 1 heterocycles. The summed E-state index contributed by atoms with van der Waals surface area (Å²) in [5, 5.41) is 3.25. The smallest absolute Gasteiger partial charge is 0.242 e. The first-order chi connectivity index (χ1) is 11.8. The number of benzene rings is 1. The fourth-order valence-corrected chi connectivity index (χ4v) is 3.63. The van der Waals surface area contributed by atoms with E-state index in [1.807, 2.05) is 26.2 Å². The minimum Gasteiger partial charge on any atom is -0.366 e. The quantitative estimate of drug-likeness (QED) is 0.754. The van der Waals surface area contributed by atoms with Gasteiger partial charge in [-0.25, -0.2) is 18.1 Å². The van der Waals surface area contributed by atoms with E-state index in [0.29, 0.717) is 12.4 Å². The van der Waals surface area contributed by atoms with Crippen molar-refractivity contribution in [3.8, 4) is 0 Å². The van der Waals surface area contributed by atoms with E-state index in [4.69, 9.17) is 0 Å². The average Bonchev–Trinajstić information content (AvgIpc) is 2.53. The Balaban J connectivity index is 2.06. The molecule has 2 aromatic rings. The van der Waals surface area contributed by atoms with Crippen LogP contribution in [0.5, 0.6) is 0 Å². The summed E-state index contributed by atoms with van der Waals surface area (Å²) >= 11 is 0. The highest BCUT2D eigenvalue weighted by atomic mass is 32.2. The van der Waals surface area contributed by atoms with Gasteiger partial charge in [-0.15, -0.1) is 0 Å². The molecule has 0 aliphatic heterocycles. The van der Waals surface area contributed by atoms with Crippen LogP contribution in [0.3, 0.4) is 0 Å². The maximum atomic E-state index is 12.1. The molecule has 0 aliphatic carbocycles. The highest BCUT2D eigenvalue weighted by molar-refractivity contribution is 7.89. The predicted molar refractivity (Wildman–Crippen MR) is 101 cm³/mol. The van der Waals surface area contributed by atoms with Crippen molar-refractivity contribution in [2.45, 2.75) is 37.9 Å². The SMILES string of the molecule is CC(C)NS(=O)(=O)c1ccc(NCc2ccccc2CN(C)C)nc1. The summed E-state index contributed by atoms with van der Waals surface area (Å²) < 4.78 is 26.8. The van der Waals surface area contributed by atoms with Crippen LogP contribution in [0.25, 0.3) is 0 Å². The number of pyridine rings is 1. The molecule has 0 fully saturated rings. The fourth-order valence-electron chi connectivity index (χ4n) is 2.43. The van der Waals surface area contributed by atoms with Crippen molar-refractivity contribution in [2.24, 2.45) is 0 Å². The third-order valence-electron chi connectivity index (χ3n) is 3.50. The van der Waals surface area contributed by atoms with Crippen molar-refractivity contribution in [1.29, 1.82) is 0 Å². The topological polar surface area (TPSA) is 74.3 Å². The second kappa shape index (κ2) is 8.42. The number of sulfonamides is 1. The van der Waals surface area contributed by atoms with E-state index < -0.39 is 10.0 Å². The van der Waals surface area contributed by atoms with Crippen LogP contribution in [0.4, 0.5) is 5.82 Å². The van der Waals surface area contributed by atoms with Gasteiger partial charge in [0.15, 0.2) is 0 Å². The first-order valence-electron chi connectivity index (χ1n) is 8.21. The summed E-state index contributed by atoms with van der Waals surface area (Å²) in [7, 11) is 0.566. The Kier molecular flexibility index (Phi) is 6.52. The van der Waals surface area contributed by atoms with Crippen molar-refractivity contribution in [3.05, 3.63) is 53.7 Å². The van der Waals surface area contributed by atoms with E-state index in [1.54, 1.807) is 26.0 Å². The molecule has 7 heteroatoms. The lowest BCUT2D eigenvalue weighted by atomic mass is 10.1. The number of aromatic nitrogens is 1. The van der Waals surface area contributed by atoms with Crippen LogP contribution < -0.4 is 10.0 Å². The zero-order valence-electron chi connectivity index (χ0n) is 15.2. The normalized spacial score (nSPS) is 11.9. The van der Waals surface area contributed by atoms with E-state index in [1.165, 1.54) is 17.3 Å². The lowest BCUT2D eigenvalue weighted by molar-refractivity contribution is 0.401. The van der Waals surface area contributed by atoms with Gasteiger partial charge >= 0.3 is 0 Å². The third-order valence-corrected chi connectivity index (χ3v) is 5.15. The first-order valence-corrected chi connectivity index (χ1v) is 9.70. The van der Waals surface area contributed by atoms with E-state index in [0.717, 1.165) is 6.54 Å². The molecule has 0 spiro atoms. The molecule has 0 amide bonds. The second-order valence-electron chi connectivity index (χ2n) is 6.52. The molecule has 1 aromatic carbocycles. The van der Waals surface area contributed by atoms with Gasteiger partial charge in [-0.05, 0) is 51.2 Å². The van der Waals surface area contributed by atoms with Crippen molar-refractivity contribution < 1.29 is 8.42 Å². The Bertz CT molecular complexity index is 787. The maximum Gasteiger partial charge on any atom is 0.242 e. The van der Waals surface area contributed by atoms with Crippen LogP contribution in [-0.4, -0.2) is 38.4 Å².